The number of aryl methyl sites for hydroxylation is 1. The lowest BCUT2D eigenvalue weighted by molar-refractivity contribution is 0.0927. The fraction of sp³-hybridized carbons (Fsp3) is 0.353. The van der Waals surface area contributed by atoms with Gasteiger partial charge < -0.3 is 5.32 Å². The molecule has 0 unspecified atom stereocenters. The number of rotatable bonds is 4. The Balaban J connectivity index is 1.80. The molecule has 2 heterocycles. The Hall–Kier alpha value is -2.08. The van der Waals surface area contributed by atoms with Crippen molar-refractivity contribution >= 4 is 17.7 Å². The Morgan fingerprint density at radius 2 is 2.17 bits per heavy atom. The molecular formula is C17H19N3O2S. The molecule has 23 heavy (non-hydrogen) atoms. The van der Waals surface area contributed by atoms with Crippen molar-refractivity contribution in [3.63, 3.8) is 0 Å². The standard InChI is InChI=1S/C17H19N3O2S/c1-2-10-20-16(21)8-7-14(19-20)17(22)18-13-9-11-23-15-6-4-3-5-12(13)15/h3-8,13H,2,9-11H2,1H3,(H,18,22)/t13-/m1/s1. The van der Waals surface area contributed by atoms with Crippen LogP contribution in [-0.4, -0.2) is 21.4 Å². The molecule has 1 N–H and O–H groups in total. The van der Waals surface area contributed by atoms with Gasteiger partial charge in [-0.05, 0) is 30.5 Å². The molecule has 1 aliphatic heterocycles. The van der Waals surface area contributed by atoms with Crippen molar-refractivity contribution in [2.45, 2.75) is 37.2 Å². The molecule has 0 saturated carbocycles. The van der Waals surface area contributed by atoms with E-state index >= 15 is 0 Å². The summed E-state index contributed by atoms with van der Waals surface area (Å²) in [6.45, 7) is 2.49. The SMILES string of the molecule is CCCn1nc(C(=O)N[C@@H]2CCSc3ccccc32)ccc1=O. The summed E-state index contributed by atoms with van der Waals surface area (Å²) in [4.78, 5) is 25.4. The quantitative estimate of drug-likeness (QED) is 0.936. The molecular weight excluding hydrogens is 310 g/mol. The van der Waals surface area contributed by atoms with Gasteiger partial charge in [0.2, 0.25) is 0 Å². The molecule has 1 atom stereocenters. The highest BCUT2D eigenvalue weighted by Gasteiger charge is 2.23. The monoisotopic (exact) mass is 329 g/mol. The van der Waals surface area contributed by atoms with Crippen molar-refractivity contribution < 1.29 is 4.79 Å². The van der Waals surface area contributed by atoms with Crippen LogP contribution in [0, 0.1) is 0 Å². The van der Waals surface area contributed by atoms with Crippen LogP contribution in [0.3, 0.4) is 0 Å². The minimum atomic E-state index is -0.235. The minimum Gasteiger partial charge on any atom is -0.344 e. The third-order valence-electron chi connectivity index (χ3n) is 3.80. The van der Waals surface area contributed by atoms with E-state index < -0.39 is 0 Å². The molecule has 6 heteroatoms. The van der Waals surface area contributed by atoms with E-state index in [-0.39, 0.29) is 23.2 Å². The van der Waals surface area contributed by atoms with E-state index in [0.717, 1.165) is 24.2 Å². The van der Waals surface area contributed by atoms with Crippen LogP contribution in [-0.2, 0) is 6.54 Å². The number of nitrogens with zero attached hydrogens (tertiary/aromatic N) is 2. The van der Waals surface area contributed by atoms with Crippen molar-refractivity contribution in [2.24, 2.45) is 0 Å². The first-order chi connectivity index (χ1) is 11.2. The highest BCUT2D eigenvalue weighted by molar-refractivity contribution is 7.99. The molecule has 1 amide bonds. The lowest BCUT2D eigenvalue weighted by Gasteiger charge is -2.25. The van der Waals surface area contributed by atoms with Gasteiger partial charge in [0.05, 0.1) is 6.04 Å². The number of amides is 1. The normalized spacial score (nSPS) is 16.7. The second kappa shape index (κ2) is 7.00. The first kappa shape index (κ1) is 15.8. The molecule has 1 aliphatic rings. The maximum Gasteiger partial charge on any atom is 0.272 e. The molecule has 1 aromatic heterocycles. The molecule has 0 saturated heterocycles. The molecule has 0 fully saturated rings. The van der Waals surface area contributed by atoms with Gasteiger partial charge in [0.15, 0.2) is 0 Å². The van der Waals surface area contributed by atoms with Crippen molar-refractivity contribution in [1.82, 2.24) is 15.1 Å². The fourth-order valence-corrected chi connectivity index (χ4v) is 3.79. The van der Waals surface area contributed by atoms with Crippen LogP contribution in [0.2, 0.25) is 0 Å². The summed E-state index contributed by atoms with van der Waals surface area (Å²) in [6.07, 6.45) is 1.69. The van der Waals surface area contributed by atoms with E-state index in [1.807, 2.05) is 30.8 Å². The van der Waals surface area contributed by atoms with Gasteiger partial charge in [-0.3, -0.25) is 9.59 Å². The Labute approximate surface area is 139 Å². The first-order valence-corrected chi connectivity index (χ1v) is 8.78. The number of fused-ring (bicyclic) bond motifs is 1. The number of nitrogens with one attached hydrogen (secondary N) is 1. The number of carbonyl (C=O) groups excluding carboxylic acids is 1. The number of aromatic nitrogens is 2. The third-order valence-corrected chi connectivity index (χ3v) is 4.92. The number of benzene rings is 1. The van der Waals surface area contributed by atoms with Gasteiger partial charge in [-0.1, -0.05) is 25.1 Å². The summed E-state index contributed by atoms with van der Waals surface area (Å²) in [5, 5.41) is 7.22. The zero-order valence-corrected chi connectivity index (χ0v) is 13.8. The van der Waals surface area contributed by atoms with Gasteiger partial charge in [-0.15, -0.1) is 11.8 Å². The Morgan fingerprint density at radius 3 is 3.00 bits per heavy atom. The van der Waals surface area contributed by atoms with Crippen LogP contribution in [0.1, 0.15) is 41.9 Å². The average Bonchev–Trinajstić information content (AvgIpc) is 2.57. The summed E-state index contributed by atoms with van der Waals surface area (Å²) in [7, 11) is 0. The summed E-state index contributed by atoms with van der Waals surface area (Å²) in [6, 6.07) is 11.0. The maximum atomic E-state index is 12.5. The molecule has 0 aliphatic carbocycles. The predicted molar refractivity (Wildman–Crippen MR) is 90.8 cm³/mol. The van der Waals surface area contributed by atoms with E-state index in [1.165, 1.54) is 21.7 Å². The molecule has 0 spiro atoms. The second-order valence-electron chi connectivity index (χ2n) is 5.48. The smallest absolute Gasteiger partial charge is 0.272 e. The van der Waals surface area contributed by atoms with Crippen LogP contribution in [0.25, 0.3) is 0 Å². The van der Waals surface area contributed by atoms with Crippen LogP contribution in [0.15, 0.2) is 46.1 Å². The zero-order chi connectivity index (χ0) is 16.2. The van der Waals surface area contributed by atoms with Gasteiger partial charge >= 0.3 is 0 Å². The zero-order valence-electron chi connectivity index (χ0n) is 13.0. The van der Waals surface area contributed by atoms with Gasteiger partial charge in [0.25, 0.3) is 11.5 Å². The second-order valence-corrected chi connectivity index (χ2v) is 6.62. The van der Waals surface area contributed by atoms with E-state index in [0.29, 0.717) is 6.54 Å². The number of thioether (sulfide) groups is 1. The largest absolute Gasteiger partial charge is 0.344 e. The average molecular weight is 329 g/mol. The van der Waals surface area contributed by atoms with Gasteiger partial charge in [0, 0.05) is 23.3 Å². The van der Waals surface area contributed by atoms with Crippen molar-refractivity contribution in [3.05, 3.63) is 58.0 Å². The maximum absolute atomic E-state index is 12.5. The van der Waals surface area contributed by atoms with E-state index in [9.17, 15) is 9.59 Å². The highest BCUT2D eigenvalue weighted by atomic mass is 32.2. The van der Waals surface area contributed by atoms with E-state index in [1.54, 1.807) is 0 Å². The molecule has 1 aromatic carbocycles. The number of hydrogen-bond donors (Lipinski definition) is 1. The van der Waals surface area contributed by atoms with Crippen molar-refractivity contribution in [2.75, 3.05) is 5.75 Å². The molecule has 0 bridgehead atoms. The Bertz CT molecular complexity index is 772. The van der Waals surface area contributed by atoms with E-state index in [4.69, 9.17) is 0 Å². The lowest BCUT2D eigenvalue weighted by Crippen LogP contribution is -2.33. The van der Waals surface area contributed by atoms with Crippen LogP contribution in [0.4, 0.5) is 0 Å². The summed E-state index contributed by atoms with van der Waals surface area (Å²) < 4.78 is 1.35. The summed E-state index contributed by atoms with van der Waals surface area (Å²) in [5.74, 6) is 0.742. The predicted octanol–water partition coefficient (Wildman–Crippen LogP) is 2.62. The number of carbonyl (C=O) groups is 1. The fourth-order valence-electron chi connectivity index (χ4n) is 2.67. The topological polar surface area (TPSA) is 64.0 Å². The highest BCUT2D eigenvalue weighted by Crippen LogP contribution is 2.35. The lowest BCUT2D eigenvalue weighted by atomic mass is 10.0. The van der Waals surface area contributed by atoms with Crippen LogP contribution in [0.5, 0.6) is 0 Å². The van der Waals surface area contributed by atoms with Gasteiger partial charge in [-0.2, -0.15) is 5.10 Å². The summed E-state index contributed by atoms with van der Waals surface area (Å²) >= 11 is 1.81. The third kappa shape index (κ3) is 3.47. The molecule has 0 radical (unpaired) electrons. The minimum absolute atomic E-state index is 0.00620. The first-order valence-electron chi connectivity index (χ1n) is 7.80. The molecule has 2 aromatic rings. The number of hydrogen-bond acceptors (Lipinski definition) is 4. The van der Waals surface area contributed by atoms with Crippen molar-refractivity contribution in [3.8, 4) is 0 Å². The van der Waals surface area contributed by atoms with Gasteiger partial charge in [0.1, 0.15) is 5.69 Å². The summed E-state index contributed by atoms with van der Waals surface area (Å²) in [5.41, 5.74) is 1.26. The van der Waals surface area contributed by atoms with Crippen LogP contribution < -0.4 is 10.9 Å². The Morgan fingerprint density at radius 1 is 1.35 bits per heavy atom. The van der Waals surface area contributed by atoms with Gasteiger partial charge in [-0.25, -0.2) is 4.68 Å². The van der Waals surface area contributed by atoms with Crippen molar-refractivity contribution in [1.29, 1.82) is 0 Å². The molecule has 5 nitrogen and oxygen atoms in total. The van der Waals surface area contributed by atoms with E-state index in [2.05, 4.69) is 22.5 Å². The molecule has 3 rings (SSSR count). The Kier molecular flexibility index (Phi) is 4.81. The van der Waals surface area contributed by atoms with Crippen LogP contribution >= 0.6 is 11.8 Å². The molecule has 120 valence electrons.